The summed E-state index contributed by atoms with van der Waals surface area (Å²) < 4.78 is 0. The van der Waals surface area contributed by atoms with Gasteiger partial charge in [0.05, 0.1) is 6.54 Å². The molecule has 1 aromatic heterocycles. The first kappa shape index (κ1) is 16.5. The lowest BCUT2D eigenvalue weighted by atomic mass is 9.97. The van der Waals surface area contributed by atoms with Crippen LogP contribution in [0.2, 0.25) is 0 Å². The Bertz CT molecular complexity index is 592. The highest BCUT2D eigenvalue weighted by molar-refractivity contribution is 7.11. The lowest BCUT2D eigenvalue weighted by Gasteiger charge is -2.18. The zero-order chi connectivity index (χ0) is 15.8. The summed E-state index contributed by atoms with van der Waals surface area (Å²) in [4.78, 5) is 9.87. The number of aromatic nitrogens is 1. The van der Waals surface area contributed by atoms with E-state index in [1.807, 2.05) is 6.20 Å². The Balaban J connectivity index is 1.85. The van der Waals surface area contributed by atoms with Crippen LogP contribution in [0.3, 0.4) is 0 Å². The molecule has 5 heteroatoms. The van der Waals surface area contributed by atoms with Crippen LogP contribution in [-0.2, 0) is 6.54 Å². The molecule has 0 aliphatic carbocycles. The molecule has 1 unspecified atom stereocenters. The Kier molecular flexibility index (Phi) is 6.40. The predicted molar refractivity (Wildman–Crippen MR) is 94.5 cm³/mol. The number of guanidine groups is 1. The number of aliphatic imine (C=N–C) groups is 1. The van der Waals surface area contributed by atoms with Crippen LogP contribution in [0.25, 0.3) is 0 Å². The molecule has 1 atom stereocenters. The number of benzene rings is 1. The molecule has 2 N–H and O–H groups in total. The number of nitrogens with zero attached hydrogens (tertiary/aromatic N) is 2. The fourth-order valence-corrected chi connectivity index (χ4v) is 3.03. The van der Waals surface area contributed by atoms with Gasteiger partial charge in [0.2, 0.25) is 0 Å². The summed E-state index contributed by atoms with van der Waals surface area (Å²) in [5.41, 5.74) is 1.36. The van der Waals surface area contributed by atoms with E-state index in [-0.39, 0.29) is 0 Å². The summed E-state index contributed by atoms with van der Waals surface area (Å²) in [6.45, 7) is 5.87. The highest BCUT2D eigenvalue weighted by Gasteiger charge is 2.10. The molecule has 0 bridgehead atoms. The maximum atomic E-state index is 4.35. The summed E-state index contributed by atoms with van der Waals surface area (Å²) in [6, 6.07) is 10.6. The number of thiazole rings is 1. The first-order valence-electron chi connectivity index (χ1n) is 7.63. The van der Waals surface area contributed by atoms with Gasteiger partial charge in [-0.25, -0.2) is 4.98 Å². The molecular formula is C17H24N4S. The molecule has 0 aliphatic heterocycles. The third-order valence-corrected chi connectivity index (χ3v) is 4.49. The second kappa shape index (κ2) is 8.54. The smallest absolute Gasteiger partial charge is 0.191 e. The molecule has 118 valence electrons. The van der Waals surface area contributed by atoms with Gasteiger partial charge in [0.25, 0.3) is 0 Å². The molecule has 22 heavy (non-hydrogen) atoms. The quantitative estimate of drug-likeness (QED) is 0.635. The maximum Gasteiger partial charge on any atom is 0.191 e. The predicted octanol–water partition coefficient (Wildman–Crippen LogP) is 3.31. The van der Waals surface area contributed by atoms with E-state index in [2.05, 4.69) is 64.8 Å². The minimum absolute atomic E-state index is 0.488. The molecule has 0 spiro atoms. The van der Waals surface area contributed by atoms with Crippen LogP contribution < -0.4 is 10.6 Å². The first-order chi connectivity index (χ1) is 10.7. The first-order valence-corrected chi connectivity index (χ1v) is 8.45. The largest absolute Gasteiger partial charge is 0.356 e. The van der Waals surface area contributed by atoms with Crippen LogP contribution in [0.15, 0.2) is 41.5 Å². The van der Waals surface area contributed by atoms with Gasteiger partial charge in [-0.1, -0.05) is 37.3 Å². The molecule has 0 aliphatic rings. The topological polar surface area (TPSA) is 49.3 Å². The fourth-order valence-electron chi connectivity index (χ4n) is 2.31. The molecule has 0 amide bonds. The summed E-state index contributed by atoms with van der Waals surface area (Å²) in [5, 5.41) is 7.81. The summed E-state index contributed by atoms with van der Waals surface area (Å²) in [7, 11) is 1.80. The van der Waals surface area contributed by atoms with Gasteiger partial charge in [-0.3, -0.25) is 4.99 Å². The zero-order valence-corrected chi connectivity index (χ0v) is 14.3. The van der Waals surface area contributed by atoms with Crippen molar-refractivity contribution in [3.05, 3.63) is 52.0 Å². The van der Waals surface area contributed by atoms with Gasteiger partial charge in [0, 0.05) is 30.6 Å². The average molecular weight is 316 g/mol. The van der Waals surface area contributed by atoms with Crippen LogP contribution in [0.1, 0.15) is 34.7 Å². The lowest BCUT2D eigenvalue weighted by Crippen LogP contribution is -2.38. The number of rotatable bonds is 6. The number of hydrogen-bond acceptors (Lipinski definition) is 3. The second-order valence-electron chi connectivity index (χ2n) is 5.19. The Morgan fingerprint density at radius 2 is 2.05 bits per heavy atom. The molecule has 4 nitrogen and oxygen atoms in total. The maximum absolute atomic E-state index is 4.35. The van der Waals surface area contributed by atoms with Crippen molar-refractivity contribution in [1.29, 1.82) is 0 Å². The van der Waals surface area contributed by atoms with Crippen LogP contribution in [-0.4, -0.2) is 24.5 Å². The normalized spacial score (nSPS) is 13.0. The Labute approximate surface area is 136 Å². The van der Waals surface area contributed by atoms with Crippen molar-refractivity contribution in [2.45, 2.75) is 32.7 Å². The number of hydrogen-bond donors (Lipinski definition) is 2. The van der Waals surface area contributed by atoms with Gasteiger partial charge in [-0.2, -0.15) is 0 Å². The van der Waals surface area contributed by atoms with Gasteiger partial charge < -0.3 is 10.6 Å². The van der Waals surface area contributed by atoms with Crippen molar-refractivity contribution in [1.82, 2.24) is 15.6 Å². The van der Waals surface area contributed by atoms with E-state index in [1.54, 1.807) is 18.4 Å². The van der Waals surface area contributed by atoms with Crippen molar-refractivity contribution in [2.24, 2.45) is 4.99 Å². The van der Waals surface area contributed by atoms with Crippen molar-refractivity contribution >= 4 is 17.3 Å². The van der Waals surface area contributed by atoms with Gasteiger partial charge in [-0.05, 0) is 18.9 Å². The van der Waals surface area contributed by atoms with E-state index in [4.69, 9.17) is 0 Å². The van der Waals surface area contributed by atoms with E-state index >= 15 is 0 Å². The molecule has 0 saturated carbocycles. The van der Waals surface area contributed by atoms with Crippen LogP contribution in [0.4, 0.5) is 0 Å². The monoisotopic (exact) mass is 316 g/mol. The highest BCUT2D eigenvalue weighted by Crippen LogP contribution is 2.17. The molecule has 0 radical (unpaired) electrons. The van der Waals surface area contributed by atoms with E-state index in [1.165, 1.54) is 10.4 Å². The van der Waals surface area contributed by atoms with E-state index < -0.39 is 0 Å². The standard InChI is InChI=1S/C17H24N4S/c1-4-14(15-8-6-5-7-9-15)11-20-17(18-3)21-12-16-19-10-13(2)22-16/h5-10,14H,4,11-12H2,1-3H3,(H2,18,20,21). The summed E-state index contributed by atoms with van der Waals surface area (Å²) in [6.07, 6.45) is 3.00. The molecule has 2 aromatic rings. The van der Waals surface area contributed by atoms with Crippen molar-refractivity contribution in [3.8, 4) is 0 Å². The highest BCUT2D eigenvalue weighted by atomic mass is 32.1. The average Bonchev–Trinajstić information content (AvgIpc) is 2.97. The molecule has 2 rings (SSSR count). The Morgan fingerprint density at radius 1 is 1.27 bits per heavy atom. The SMILES string of the molecule is CCC(CNC(=NC)NCc1ncc(C)s1)c1ccccc1. The van der Waals surface area contributed by atoms with Crippen molar-refractivity contribution in [2.75, 3.05) is 13.6 Å². The van der Waals surface area contributed by atoms with Gasteiger partial charge in [0.15, 0.2) is 5.96 Å². The van der Waals surface area contributed by atoms with Gasteiger partial charge >= 0.3 is 0 Å². The second-order valence-corrected chi connectivity index (χ2v) is 6.51. The third kappa shape index (κ3) is 4.84. The van der Waals surface area contributed by atoms with E-state index in [0.29, 0.717) is 12.5 Å². The minimum Gasteiger partial charge on any atom is -0.356 e. The third-order valence-electron chi connectivity index (χ3n) is 3.58. The van der Waals surface area contributed by atoms with E-state index in [9.17, 15) is 0 Å². The van der Waals surface area contributed by atoms with Crippen molar-refractivity contribution in [3.63, 3.8) is 0 Å². The van der Waals surface area contributed by atoms with Crippen LogP contribution >= 0.6 is 11.3 Å². The van der Waals surface area contributed by atoms with Crippen LogP contribution in [0, 0.1) is 6.92 Å². The van der Waals surface area contributed by atoms with Gasteiger partial charge in [0.1, 0.15) is 5.01 Å². The molecule has 0 saturated heterocycles. The molecule has 1 heterocycles. The molecule has 0 fully saturated rings. The summed E-state index contributed by atoms with van der Waals surface area (Å²) >= 11 is 1.71. The zero-order valence-electron chi connectivity index (χ0n) is 13.5. The van der Waals surface area contributed by atoms with E-state index in [0.717, 1.165) is 23.9 Å². The molecular weight excluding hydrogens is 292 g/mol. The Hall–Kier alpha value is -1.88. The minimum atomic E-state index is 0.488. The lowest BCUT2D eigenvalue weighted by molar-refractivity contribution is 0.629. The van der Waals surface area contributed by atoms with Crippen LogP contribution in [0.5, 0.6) is 0 Å². The molecule has 1 aromatic carbocycles. The van der Waals surface area contributed by atoms with Crippen molar-refractivity contribution < 1.29 is 0 Å². The van der Waals surface area contributed by atoms with Gasteiger partial charge in [-0.15, -0.1) is 11.3 Å². The Morgan fingerprint density at radius 3 is 2.64 bits per heavy atom. The number of nitrogens with one attached hydrogen (secondary N) is 2. The summed E-state index contributed by atoms with van der Waals surface area (Å²) in [5.74, 6) is 1.31. The number of aryl methyl sites for hydroxylation is 1. The fraction of sp³-hybridized carbons (Fsp3) is 0.412.